The molecule has 0 spiro atoms. The first-order chi connectivity index (χ1) is 6.22. The van der Waals surface area contributed by atoms with Crippen LogP contribution in [0.4, 0.5) is 0 Å². The molecular formula is C9H9BrN2O. The van der Waals surface area contributed by atoms with Crippen LogP contribution < -0.4 is 4.74 Å². The molecule has 0 saturated heterocycles. The van der Waals surface area contributed by atoms with Gasteiger partial charge in [-0.1, -0.05) is 0 Å². The van der Waals surface area contributed by atoms with Gasteiger partial charge < -0.3 is 4.74 Å². The lowest BCUT2D eigenvalue weighted by molar-refractivity contribution is 0.412. The fraction of sp³-hybridized carbons (Fsp3) is 0.222. The maximum atomic E-state index is 5.12. The number of pyridine rings is 1. The van der Waals surface area contributed by atoms with E-state index in [1.807, 2.05) is 29.7 Å². The number of hydrogen-bond donors (Lipinski definition) is 0. The van der Waals surface area contributed by atoms with E-state index in [-0.39, 0.29) is 0 Å². The number of nitrogens with zero attached hydrogens (tertiary/aromatic N) is 2. The van der Waals surface area contributed by atoms with Gasteiger partial charge >= 0.3 is 0 Å². The fourth-order valence-corrected chi connectivity index (χ4v) is 1.87. The van der Waals surface area contributed by atoms with Crippen LogP contribution in [0.2, 0.25) is 0 Å². The van der Waals surface area contributed by atoms with Gasteiger partial charge in [-0.05, 0) is 35.0 Å². The molecule has 2 aromatic rings. The molecule has 2 heterocycles. The monoisotopic (exact) mass is 240 g/mol. The van der Waals surface area contributed by atoms with Crippen molar-refractivity contribution in [3.05, 3.63) is 28.8 Å². The van der Waals surface area contributed by atoms with Crippen LogP contribution >= 0.6 is 15.9 Å². The highest BCUT2D eigenvalue weighted by Crippen LogP contribution is 2.21. The van der Waals surface area contributed by atoms with E-state index < -0.39 is 0 Å². The van der Waals surface area contributed by atoms with Crippen molar-refractivity contribution < 1.29 is 4.74 Å². The number of aromatic nitrogens is 2. The summed E-state index contributed by atoms with van der Waals surface area (Å²) in [6, 6.07) is 3.89. The van der Waals surface area contributed by atoms with Crippen LogP contribution in [0.3, 0.4) is 0 Å². The van der Waals surface area contributed by atoms with Gasteiger partial charge in [0, 0.05) is 0 Å². The third-order valence-corrected chi connectivity index (χ3v) is 2.56. The summed E-state index contributed by atoms with van der Waals surface area (Å²) >= 11 is 3.39. The lowest BCUT2D eigenvalue weighted by atomic mass is 10.4. The third-order valence-electron chi connectivity index (χ3n) is 1.98. The summed E-state index contributed by atoms with van der Waals surface area (Å²) < 4.78 is 7.98. The van der Waals surface area contributed by atoms with Gasteiger partial charge in [-0.2, -0.15) is 0 Å². The summed E-state index contributed by atoms with van der Waals surface area (Å²) in [4.78, 5) is 4.29. The van der Waals surface area contributed by atoms with Crippen LogP contribution in [-0.2, 0) is 0 Å². The summed E-state index contributed by atoms with van der Waals surface area (Å²) in [5.41, 5.74) is 1.05. The van der Waals surface area contributed by atoms with Crippen molar-refractivity contribution in [2.45, 2.75) is 6.92 Å². The molecule has 4 heteroatoms. The van der Waals surface area contributed by atoms with Crippen LogP contribution in [0.5, 0.6) is 5.75 Å². The predicted molar refractivity (Wildman–Crippen MR) is 54.2 cm³/mol. The maximum Gasteiger partial charge on any atom is 0.135 e. The second-order valence-corrected chi connectivity index (χ2v) is 3.53. The molecule has 0 aliphatic rings. The van der Waals surface area contributed by atoms with Crippen molar-refractivity contribution in [2.24, 2.45) is 0 Å². The minimum Gasteiger partial charge on any atom is -0.495 e. The Morgan fingerprint density at radius 2 is 2.23 bits per heavy atom. The number of fused-ring (bicyclic) bond motifs is 1. The number of ether oxygens (including phenoxy) is 1. The summed E-state index contributed by atoms with van der Waals surface area (Å²) in [6.45, 7) is 1.96. The van der Waals surface area contributed by atoms with Crippen molar-refractivity contribution in [2.75, 3.05) is 7.11 Å². The molecule has 68 valence electrons. The molecule has 0 bridgehead atoms. The van der Waals surface area contributed by atoms with E-state index in [2.05, 4.69) is 20.9 Å². The van der Waals surface area contributed by atoms with Gasteiger partial charge in [-0.15, -0.1) is 0 Å². The predicted octanol–water partition coefficient (Wildman–Crippen LogP) is 2.41. The van der Waals surface area contributed by atoms with Crippen molar-refractivity contribution in [1.82, 2.24) is 9.38 Å². The highest BCUT2D eigenvalue weighted by molar-refractivity contribution is 9.10. The summed E-state index contributed by atoms with van der Waals surface area (Å²) in [6.07, 6.45) is 1.92. The molecule has 0 atom stereocenters. The van der Waals surface area contributed by atoms with Crippen molar-refractivity contribution in [3.63, 3.8) is 0 Å². The fourth-order valence-electron chi connectivity index (χ4n) is 1.29. The van der Waals surface area contributed by atoms with Gasteiger partial charge in [0.1, 0.15) is 16.2 Å². The summed E-state index contributed by atoms with van der Waals surface area (Å²) in [5, 5.41) is 0. The molecule has 13 heavy (non-hydrogen) atoms. The lowest BCUT2D eigenvalue weighted by Gasteiger charge is -2.01. The second-order valence-electron chi connectivity index (χ2n) is 2.77. The first kappa shape index (κ1) is 8.56. The highest BCUT2D eigenvalue weighted by atomic mass is 79.9. The van der Waals surface area contributed by atoms with Crippen LogP contribution in [0.25, 0.3) is 5.52 Å². The Morgan fingerprint density at radius 3 is 2.92 bits per heavy atom. The zero-order valence-corrected chi connectivity index (χ0v) is 9.00. The molecule has 0 aliphatic carbocycles. The van der Waals surface area contributed by atoms with E-state index >= 15 is 0 Å². The average molecular weight is 241 g/mol. The number of methoxy groups -OCH3 is 1. The van der Waals surface area contributed by atoms with E-state index in [1.54, 1.807) is 7.11 Å². The standard InChI is InChI=1S/C9H9BrN2O/c1-6-11-9(10)8-4-3-7(13-2)5-12(6)8/h3-5H,1-2H3. The zero-order valence-electron chi connectivity index (χ0n) is 7.41. The van der Waals surface area contributed by atoms with Crippen LogP contribution in [0.1, 0.15) is 5.82 Å². The number of imidazole rings is 1. The van der Waals surface area contributed by atoms with E-state index in [9.17, 15) is 0 Å². The van der Waals surface area contributed by atoms with E-state index in [1.165, 1.54) is 0 Å². The van der Waals surface area contributed by atoms with E-state index in [4.69, 9.17) is 4.74 Å². The Balaban J connectivity index is 2.76. The van der Waals surface area contributed by atoms with Gasteiger partial charge in [-0.25, -0.2) is 4.98 Å². The van der Waals surface area contributed by atoms with Crippen LogP contribution in [0.15, 0.2) is 22.9 Å². The number of hydrogen-bond acceptors (Lipinski definition) is 2. The number of rotatable bonds is 1. The van der Waals surface area contributed by atoms with Crippen LogP contribution in [0, 0.1) is 6.92 Å². The third kappa shape index (κ3) is 1.31. The molecule has 0 amide bonds. The lowest BCUT2D eigenvalue weighted by Crippen LogP contribution is -1.90. The summed E-state index contributed by atoms with van der Waals surface area (Å²) in [7, 11) is 1.66. The maximum absolute atomic E-state index is 5.12. The topological polar surface area (TPSA) is 26.5 Å². The molecule has 3 nitrogen and oxygen atoms in total. The number of halogens is 1. The minimum atomic E-state index is 0.834. The molecule has 0 saturated carbocycles. The Morgan fingerprint density at radius 1 is 1.46 bits per heavy atom. The molecule has 0 fully saturated rings. The Hall–Kier alpha value is -1.03. The molecule has 2 aromatic heterocycles. The Labute approximate surface area is 84.5 Å². The molecule has 0 unspecified atom stereocenters. The van der Waals surface area contributed by atoms with Gasteiger partial charge in [0.15, 0.2) is 0 Å². The largest absolute Gasteiger partial charge is 0.495 e. The molecular weight excluding hydrogens is 232 g/mol. The van der Waals surface area contributed by atoms with Crippen molar-refractivity contribution in [1.29, 1.82) is 0 Å². The SMILES string of the molecule is COc1ccc2c(Br)nc(C)n2c1. The van der Waals surface area contributed by atoms with Gasteiger partial charge in [0.05, 0.1) is 18.8 Å². The summed E-state index contributed by atoms with van der Waals surface area (Å²) in [5.74, 6) is 1.78. The first-order valence-corrected chi connectivity index (χ1v) is 4.70. The zero-order chi connectivity index (χ0) is 9.42. The highest BCUT2D eigenvalue weighted by Gasteiger charge is 2.05. The molecule has 0 aliphatic heterocycles. The average Bonchev–Trinajstić information content (AvgIpc) is 2.42. The van der Waals surface area contributed by atoms with Gasteiger partial charge in [0.2, 0.25) is 0 Å². The van der Waals surface area contributed by atoms with Crippen LogP contribution in [-0.4, -0.2) is 16.5 Å². The second kappa shape index (κ2) is 3.03. The molecule has 0 aromatic carbocycles. The minimum absolute atomic E-state index is 0.834. The normalized spacial score (nSPS) is 10.7. The quantitative estimate of drug-likeness (QED) is 0.766. The van der Waals surface area contributed by atoms with Gasteiger partial charge in [0.25, 0.3) is 0 Å². The smallest absolute Gasteiger partial charge is 0.135 e. The molecule has 0 radical (unpaired) electrons. The number of aryl methyl sites for hydroxylation is 1. The molecule has 2 rings (SSSR count). The molecule has 0 N–H and O–H groups in total. The van der Waals surface area contributed by atoms with E-state index in [0.29, 0.717) is 0 Å². The van der Waals surface area contributed by atoms with Crippen molar-refractivity contribution in [3.8, 4) is 5.75 Å². The van der Waals surface area contributed by atoms with Crippen molar-refractivity contribution >= 4 is 21.4 Å². The first-order valence-electron chi connectivity index (χ1n) is 3.90. The van der Waals surface area contributed by atoms with Gasteiger partial charge in [-0.3, -0.25) is 4.40 Å². The van der Waals surface area contributed by atoms with E-state index in [0.717, 1.165) is 21.7 Å². The Bertz CT molecular complexity index is 450. The Kier molecular flexibility index (Phi) is 2.00.